The van der Waals surface area contributed by atoms with Gasteiger partial charge in [-0.05, 0) is 12.8 Å². The van der Waals surface area contributed by atoms with E-state index in [1.165, 1.54) is 0 Å². The van der Waals surface area contributed by atoms with E-state index < -0.39 is 6.04 Å². The molecule has 0 radical (unpaired) electrons. The summed E-state index contributed by atoms with van der Waals surface area (Å²) in [6.45, 7) is 0.687. The smallest absolute Gasteiger partial charge is 0.244 e. The van der Waals surface area contributed by atoms with Crippen molar-refractivity contribution < 1.29 is 14.4 Å². The van der Waals surface area contributed by atoms with Gasteiger partial charge in [0.05, 0.1) is 18.5 Å². The van der Waals surface area contributed by atoms with Crippen molar-refractivity contribution in [2.75, 3.05) is 6.54 Å². The van der Waals surface area contributed by atoms with E-state index in [-0.39, 0.29) is 30.2 Å². The van der Waals surface area contributed by atoms with Crippen LogP contribution in [-0.4, -0.2) is 36.3 Å². The van der Waals surface area contributed by atoms with Crippen molar-refractivity contribution >= 4 is 17.7 Å². The van der Waals surface area contributed by atoms with Crippen molar-refractivity contribution in [3.05, 3.63) is 0 Å². The number of carbonyl (C=O) groups is 3. The van der Waals surface area contributed by atoms with Crippen molar-refractivity contribution in [1.29, 1.82) is 0 Å². The zero-order valence-corrected chi connectivity index (χ0v) is 8.21. The Morgan fingerprint density at radius 1 is 1.13 bits per heavy atom. The monoisotopic (exact) mass is 211 g/mol. The first-order valence-corrected chi connectivity index (χ1v) is 5.04. The van der Waals surface area contributed by atoms with Crippen molar-refractivity contribution in [3.8, 4) is 0 Å². The minimum absolute atomic E-state index is 0.0894. The third kappa shape index (κ3) is 2.15. The SMILES string of the molecule is O=C1C[C@@H](N[C@@H]2CCCNC2=O)C(=O)N1. The first kappa shape index (κ1) is 10.1. The van der Waals surface area contributed by atoms with Gasteiger partial charge in [-0.3, -0.25) is 25.0 Å². The van der Waals surface area contributed by atoms with Gasteiger partial charge in [-0.2, -0.15) is 0 Å². The molecule has 2 aliphatic rings. The number of rotatable bonds is 2. The number of carbonyl (C=O) groups excluding carboxylic acids is 3. The van der Waals surface area contributed by atoms with E-state index in [4.69, 9.17) is 0 Å². The highest BCUT2D eigenvalue weighted by Crippen LogP contribution is 2.08. The second-order valence-corrected chi connectivity index (χ2v) is 3.82. The van der Waals surface area contributed by atoms with Crippen LogP contribution in [0.25, 0.3) is 0 Å². The molecule has 2 saturated heterocycles. The van der Waals surface area contributed by atoms with Gasteiger partial charge in [0.25, 0.3) is 0 Å². The molecule has 6 heteroatoms. The van der Waals surface area contributed by atoms with E-state index in [0.717, 1.165) is 6.42 Å². The molecule has 82 valence electrons. The lowest BCUT2D eigenvalue weighted by molar-refractivity contribution is -0.125. The number of amides is 3. The Labute approximate surface area is 86.8 Å². The molecular formula is C9H13N3O3. The highest BCUT2D eigenvalue weighted by molar-refractivity contribution is 6.05. The van der Waals surface area contributed by atoms with Gasteiger partial charge in [-0.15, -0.1) is 0 Å². The molecule has 0 aromatic rings. The molecule has 2 rings (SSSR count). The third-order valence-electron chi connectivity index (χ3n) is 2.66. The molecule has 0 aromatic heterocycles. The summed E-state index contributed by atoms with van der Waals surface area (Å²) in [7, 11) is 0. The fraction of sp³-hybridized carbons (Fsp3) is 0.667. The van der Waals surface area contributed by atoms with Gasteiger partial charge >= 0.3 is 0 Å². The first-order valence-electron chi connectivity index (χ1n) is 5.04. The Bertz CT molecular complexity index is 316. The second-order valence-electron chi connectivity index (χ2n) is 3.82. The molecule has 0 bridgehead atoms. The Kier molecular flexibility index (Phi) is 2.68. The van der Waals surface area contributed by atoms with Crippen LogP contribution in [-0.2, 0) is 14.4 Å². The average Bonchev–Trinajstić information content (AvgIpc) is 2.49. The number of hydrogen-bond donors (Lipinski definition) is 3. The molecule has 0 saturated carbocycles. The third-order valence-corrected chi connectivity index (χ3v) is 2.66. The van der Waals surface area contributed by atoms with Gasteiger partial charge in [0.15, 0.2) is 0 Å². The fourth-order valence-electron chi connectivity index (χ4n) is 1.86. The molecule has 0 unspecified atom stereocenters. The Morgan fingerprint density at radius 2 is 1.93 bits per heavy atom. The molecule has 2 atom stereocenters. The van der Waals surface area contributed by atoms with Gasteiger partial charge in [0.1, 0.15) is 0 Å². The largest absolute Gasteiger partial charge is 0.355 e. The van der Waals surface area contributed by atoms with Crippen LogP contribution in [0.3, 0.4) is 0 Å². The van der Waals surface area contributed by atoms with E-state index in [1.807, 2.05) is 0 Å². The molecule has 15 heavy (non-hydrogen) atoms. The van der Waals surface area contributed by atoms with Crippen molar-refractivity contribution in [2.24, 2.45) is 0 Å². The molecule has 2 fully saturated rings. The van der Waals surface area contributed by atoms with E-state index >= 15 is 0 Å². The van der Waals surface area contributed by atoms with Crippen LogP contribution in [0.1, 0.15) is 19.3 Å². The number of piperidine rings is 1. The molecule has 3 amide bonds. The van der Waals surface area contributed by atoms with Crippen LogP contribution < -0.4 is 16.0 Å². The predicted octanol–water partition coefficient (Wildman–Crippen LogP) is -1.73. The lowest BCUT2D eigenvalue weighted by atomic mass is 10.1. The maximum absolute atomic E-state index is 11.4. The molecular weight excluding hydrogens is 198 g/mol. The summed E-state index contributed by atoms with van der Waals surface area (Å²) >= 11 is 0. The second kappa shape index (κ2) is 3.98. The summed E-state index contributed by atoms with van der Waals surface area (Å²) in [5, 5.41) is 7.82. The Balaban J connectivity index is 1.93. The maximum Gasteiger partial charge on any atom is 0.244 e. The molecule has 6 nitrogen and oxygen atoms in total. The highest BCUT2D eigenvalue weighted by Gasteiger charge is 2.34. The summed E-state index contributed by atoms with van der Waals surface area (Å²) in [6.07, 6.45) is 1.73. The Hall–Kier alpha value is -1.43. The van der Waals surface area contributed by atoms with E-state index in [2.05, 4.69) is 16.0 Å². The zero-order valence-electron chi connectivity index (χ0n) is 8.21. The first-order chi connectivity index (χ1) is 7.16. The summed E-state index contributed by atoms with van der Waals surface area (Å²) in [5.74, 6) is -0.708. The van der Waals surface area contributed by atoms with Crippen molar-refractivity contribution in [2.45, 2.75) is 31.3 Å². The molecule has 0 spiro atoms. The lowest BCUT2D eigenvalue weighted by Gasteiger charge is -2.24. The van der Waals surface area contributed by atoms with Gasteiger partial charge < -0.3 is 5.32 Å². The highest BCUT2D eigenvalue weighted by atomic mass is 16.2. The van der Waals surface area contributed by atoms with Crippen molar-refractivity contribution in [3.63, 3.8) is 0 Å². The molecule has 2 heterocycles. The van der Waals surface area contributed by atoms with Crippen LogP contribution >= 0.6 is 0 Å². The van der Waals surface area contributed by atoms with E-state index in [9.17, 15) is 14.4 Å². The standard InChI is InChI=1S/C9H13N3O3/c13-7-4-6(9(15)12-7)11-5-2-1-3-10-8(5)14/h5-6,11H,1-4H2,(H,10,14)(H,12,13,15)/t5-,6-/m1/s1. The lowest BCUT2D eigenvalue weighted by Crippen LogP contribution is -2.53. The average molecular weight is 211 g/mol. The quantitative estimate of drug-likeness (QED) is 0.474. The normalized spacial score (nSPS) is 31.3. The summed E-state index contributed by atoms with van der Waals surface area (Å²) in [6, 6.07) is -0.897. The van der Waals surface area contributed by atoms with Gasteiger partial charge in [0, 0.05) is 6.54 Å². The number of imide groups is 1. The fourth-order valence-corrected chi connectivity index (χ4v) is 1.86. The number of hydrogen-bond acceptors (Lipinski definition) is 4. The maximum atomic E-state index is 11.4. The number of nitrogens with one attached hydrogen (secondary N) is 3. The summed E-state index contributed by atoms with van der Waals surface area (Å²) in [4.78, 5) is 33.5. The van der Waals surface area contributed by atoms with Gasteiger partial charge in [-0.1, -0.05) is 0 Å². The van der Waals surface area contributed by atoms with Crippen molar-refractivity contribution in [1.82, 2.24) is 16.0 Å². The van der Waals surface area contributed by atoms with Crippen LogP contribution in [0, 0.1) is 0 Å². The minimum atomic E-state index is -0.550. The van der Waals surface area contributed by atoms with E-state index in [0.29, 0.717) is 13.0 Å². The molecule has 2 aliphatic heterocycles. The summed E-state index contributed by atoms with van der Waals surface area (Å²) < 4.78 is 0. The predicted molar refractivity (Wildman–Crippen MR) is 50.7 cm³/mol. The Morgan fingerprint density at radius 3 is 2.53 bits per heavy atom. The van der Waals surface area contributed by atoms with Gasteiger partial charge in [-0.25, -0.2) is 0 Å². The van der Waals surface area contributed by atoms with E-state index in [1.54, 1.807) is 0 Å². The molecule has 0 aliphatic carbocycles. The minimum Gasteiger partial charge on any atom is -0.355 e. The zero-order chi connectivity index (χ0) is 10.8. The van der Waals surface area contributed by atoms with Crippen LogP contribution in [0.5, 0.6) is 0 Å². The topological polar surface area (TPSA) is 87.3 Å². The van der Waals surface area contributed by atoms with Crippen LogP contribution in [0.2, 0.25) is 0 Å². The molecule has 3 N–H and O–H groups in total. The summed E-state index contributed by atoms with van der Waals surface area (Å²) in [5.41, 5.74) is 0. The van der Waals surface area contributed by atoms with Gasteiger partial charge in [0.2, 0.25) is 17.7 Å². The van der Waals surface area contributed by atoms with Crippen LogP contribution in [0.4, 0.5) is 0 Å². The molecule has 0 aromatic carbocycles. The van der Waals surface area contributed by atoms with Crippen LogP contribution in [0.15, 0.2) is 0 Å².